The summed E-state index contributed by atoms with van der Waals surface area (Å²) in [5.74, 6) is 0. The Morgan fingerprint density at radius 1 is 1.00 bits per heavy atom. The second-order valence-corrected chi connectivity index (χ2v) is 4.81. The van der Waals surface area contributed by atoms with Gasteiger partial charge in [-0.25, -0.2) is 0 Å². The predicted molar refractivity (Wildman–Crippen MR) is 61.4 cm³/mol. The lowest BCUT2D eigenvalue weighted by Crippen LogP contribution is -2.04. The molecule has 1 rings (SSSR count). The van der Waals surface area contributed by atoms with Gasteiger partial charge in [-0.05, 0) is 31.9 Å². The van der Waals surface area contributed by atoms with Gasteiger partial charge in [0.25, 0.3) is 0 Å². The van der Waals surface area contributed by atoms with Crippen LogP contribution in [0.25, 0.3) is 0 Å². The first-order chi connectivity index (χ1) is 5.52. The fourth-order valence-electron chi connectivity index (χ4n) is 1.67. The molecular formula is C11H15P. The van der Waals surface area contributed by atoms with Gasteiger partial charge in [-0.15, -0.1) is 7.17 Å². The molecule has 0 amide bonds. The lowest BCUT2D eigenvalue weighted by atomic mass is 10.1. The second kappa shape index (κ2) is 3.33. The van der Waals surface area contributed by atoms with E-state index in [0.717, 1.165) is 0 Å². The molecule has 0 saturated carbocycles. The zero-order chi connectivity index (χ0) is 9.30. The number of hydrogen-bond donors (Lipinski definition) is 0. The summed E-state index contributed by atoms with van der Waals surface area (Å²) >= 11 is 0. The Hall–Kier alpha value is -0.740. The van der Waals surface area contributed by atoms with Crippen molar-refractivity contribution in [1.82, 2.24) is 0 Å². The molecule has 0 nitrogen and oxygen atoms in total. The summed E-state index contributed by atoms with van der Waals surface area (Å²) in [7, 11) is -0.450. The molecule has 0 radical (unpaired) electrons. The normalized spacial score (nSPS) is 9.92. The molecular weight excluding hydrogens is 163 g/mol. The maximum Gasteiger partial charge on any atom is 0.00258 e. The number of rotatable bonds is 1. The van der Waals surface area contributed by atoms with Crippen molar-refractivity contribution in [1.29, 1.82) is 0 Å². The second-order valence-electron chi connectivity index (χ2n) is 3.29. The van der Waals surface area contributed by atoms with Crippen molar-refractivity contribution in [3.05, 3.63) is 28.8 Å². The smallest absolute Gasteiger partial charge is 0.00258 e. The maximum atomic E-state index is 4.01. The van der Waals surface area contributed by atoms with Crippen LogP contribution in [0, 0.1) is 20.8 Å². The van der Waals surface area contributed by atoms with E-state index in [1.54, 1.807) is 0 Å². The molecule has 64 valence electrons. The standard InChI is InChI=1S/C11H15P/c1-8-6-9(2)11(12(4)5)10(3)7-8/h6-7H,4-5H2,1-3H3. The van der Waals surface area contributed by atoms with E-state index in [-0.39, 0.29) is 0 Å². The molecule has 0 spiro atoms. The Balaban J connectivity index is 3.48. The zero-order valence-electron chi connectivity index (χ0n) is 8.02. The van der Waals surface area contributed by atoms with E-state index in [2.05, 4.69) is 45.5 Å². The fourth-order valence-corrected chi connectivity index (χ4v) is 2.80. The monoisotopic (exact) mass is 178 g/mol. The summed E-state index contributed by atoms with van der Waals surface area (Å²) in [6.07, 6.45) is 8.03. The molecule has 0 unspecified atom stereocenters. The van der Waals surface area contributed by atoms with Crippen LogP contribution in [0.2, 0.25) is 0 Å². The van der Waals surface area contributed by atoms with Crippen molar-refractivity contribution >= 4 is 25.1 Å². The van der Waals surface area contributed by atoms with E-state index in [4.69, 9.17) is 0 Å². The summed E-state index contributed by atoms with van der Waals surface area (Å²) in [6.45, 7) is 6.40. The van der Waals surface area contributed by atoms with Gasteiger partial charge in [0.15, 0.2) is 0 Å². The van der Waals surface area contributed by atoms with Crippen molar-refractivity contribution in [2.24, 2.45) is 0 Å². The van der Waals surface area contributed by atoms with Crippen LogP contribution in [0.1, 0.15) is 16.7 Å². The largest absolute Gasteiger partial charge is 0.108 e. The van der Waals surface area contributed by atoms with Crippen LogP contribution < -0.4 is 5.30 Å². The Bertz CT molecular complexity index is 340. The molecule has 12 heavy (non-hydrogen) atoms. The molecule has 0 heterocycles. The van der Waals surface area contributed by atoms with Crippen molar-refractivity contribution in [2.45, 2.75) is 20.8 Å². The van der Waals surface area contributed by atoms with Crippen LogP contribution in [0.5, 0.6) is 0 Å². The van der Waals surface area contributed by atoms with E-state index in [9.17, 15) is 0 Å². The molecule has 0 bridgehead atoms. The molecule has 0 N–H and O–H groups in total. The predicted octanol–water partition coefficient (Wildman–Crippen LogP) is 2.58. The van der Waals surface area contributed by atoms with Crippen LogP contribution >= 0.6 is 7.17 Å². The summed E-state index contributed by atoms with van der Waals surface area (Å²) in [6, 6.07) is 4.40. The van der Waals surface area contributed by atoms with Gasteiger partial charge < -0.3 is 0 Å². The fraction of sp³-hybridized carbons (Fsp3) is 0.273. The van der Waals surface area contributed by atoms with Gasteiger partial charge in [0.2, 0.25) is 0 Å². The third kappa shape index (κ3) is 1.70. The van der Waals surface area contributed by atoms with Crippen molar-refractivity contribution < 1.29 is 0 Å². The average molecular weight is 178 g/mol. The van der Waals surface area contributed by atoms with Crippen LogP contribution in [0.3, 0.4) is 0 Å². The van der Waals surface area contributed by atoms with Gasteiger partial charge in [-0.3, -0.25) is 0 Å². The number of aryl methyl sites for hydroxylation is 3. The highest BCUT2D eigenvalue weighted by atomic mass is 31.1. The molecule has 1 aromatic carbocycles. The van der Waals surface area contributed by atoms with Crippen LogP contribution in [-0.2, 0) is 0 Å². The van der Waals surface area contributed by atoms with E-state index >= 15 is 0 Å². The lowest BCUT2D eigenvalue weighted by Gasteiger charge is -2.07. The topological polar surface area (TPSA) is 0 Å². The molecule has 0 aliphatic rings. The molecule has 0 fully saturated rings. The third-order valence-electron chi connectivity index (χ3n) is 1.95. The van der Waals surface area contributed by atoms with Gasteiger partial charge in [0.05, 0.1) is 0 Å². The van der Waals surface area contributed by atoms with Crippen molar-refractivity contribution in [3.8, 4) is 0 Å². The van der Waals surface area contributed by atoms with E-state index in [1.165, 1.54) is 22.0 Å². The molecule has 0 saturated heterocycles. The van der Waals surface area contributed by atoms with E-state index < -0.39 is 7.17 Å². The molecule has 1 heteroatoms. The van der Waals surface area contributed by atoms with Gasteiger partial charge in [-0.2, -0.15) is 0 Å². The minimum absolute atomic E-state index is 0.450. The number of hydrogen-bond acceptors (Lipinski definition) is 0. The van der Waals surface area contributed by atoms with Crippen LogP contribution in [0.4, 0.5) is 0 Å². The molecule has 0 aliphatic carbocycles. The van der Waals surface area contributed by atoms with Gasteiger partial charge >= 0.3 is 0 Å². The molecule has 1 aromatic rings. The minimum Gasteiger partial charge on any atom is -0.108 e. The van der Waals surface area contributed by atoms with E-state index in [1.807, 2.05) is 0 Å². The minimum atomic E-state index is -0.450. The van der Waals surface area contributed by atoms with Gasteiger partial charge in [0.1, 0.15) is 0 Å². The van der Waals surface area contributed by atoms with Gasteiger partial charge in [0, 0.05) is 5.30 Å². The van der Waals surface area contributed by atoms with Crippen LogP contribution in [0.15, 0.2) is 12.1 Å². The third-order valence-corrected chi connectivity index (χ3v) is 3.29. The Morgan fingerprint density at radius 3 is 1.75 bits per heavy atom. The highest BCUT2D eigenvalue weighted by Crippen LogP contribution is 2.14. The highest BCUT2D eigenvalue weighted by Gasteiger charge is 2.00. The van der Waals surface area contributed by atoms with E-state index in [0.29, 0.717) is 0 Å². The van der Waals surface area contributed by atoms with Crippen molar-refractivity contribution in [2.75, 3.05) is 0 Å². The summed E-state index contributed by atoms with van der Waals surface area (Å²) in [5.41, 5.74) is 4.00. The lowest BCUT2D eigenvalue weighted by molar-refractivity contribution is 1.36. The Labute approximate surface area is 75.3 Å². The maximum absolute atomic E-state index is 4.01. The first-order valence-electron chi connectivity index (χ1n) is 4.01. The average Bonchev–Trinajstić information content (AvgIpc) is 1.82. The Morgan fingerprint density at radius 2 is 1.42 bits per heavy atom. The van der Waals surface area contributed by atoms with Gasteiger partial charge in [-0.1, -0.05) is 30.3 Å². The Kier molecular flexibility index (Phi) is 2.59. The summed E-state index contributed by atoms with van der Waals surface area (Å²) in [5, 5.41) is 1.36. The van der Waals surface area contributed by atoms with Crippen LogP contribution in [-0.4, -0.2) is 12.6 Å². The highest BCUT2D eigenvalue weighted by molar-refractivity contribution is 7.62. The zero-order valence-corrected chi connectivity index (χ0v) is 8.91. The molecule has 0 aliphatic heterocycles. The molecule has 0 aromatic heterocycles. The SMILES string of the molecule is C=P(=C)c1c(C)cc(C)cc1C. The number of benzene rings is 1. The van der Waals surface area contributed by atoms with Crippen molar-refractivity contribution in [3.63, 3.8) is 0 Å². The quantitative estimate of drug-likeness (QED) is 0.580. The molecule has 0 atom stereocenters. The first-order valence-corrected chi connectivity index (χ1v) is 5.72. The summed E-state index contributed by atoms with van der Waals surface area (Å²) in [4.78, 5) is 0. The summed E-state index contributed by atoms with van der Waals surface area (Å²) < 4.78 is 0. The first kappa shape index (κ1) is 9.35.